The number of nitrogens with one attached hydrogen (secondary N) is 1. The van der Waals surface area contributed by atoms with Crippen molar-refractivity contribution in [3.05, 3.63) is 63.8 Å². The number of thiophene rings is 1. The Morgan fingerprint density at radius 3 is 2.52 bits per heavy atom. The third kappa shape index (κ3) is 3.48. The average molecular weight is 432 g/mol. The number of hydrogen-bond acceptors (Lipinski definition) is 5. The zero-order chi connectivity index (χ0) is 20.6. The van der Waals surface area contributed by atoms with Crippen LogP contribution in [0.2, 0.25) is 0 Å². The number of sulfone groups is 1. The highest BCUT2D eigenvalue weighted by Gasteiger charge is 2.17. The summed E-state index contributed by atoms with van der Waals surface area (Å²) in [6, 6.07) is 11.7. The Hall–Kier alpha value is -2.55. The van der Waals surface area contributed by atoms with Gasteiger partial charge in [0.25, 0.3) is 5.56 Å². The van der Waals surface area contributed by atoms with Crippen molar-refractivity contribution in [1.29, 1.82) is 0 Å². The van der Waals surface area contributed by atoms with Gasteiger partial charge in [-0.05, 0) is 52.8 Å². The molecule has 0 amide bonds. The first-order valence-electron chi connectivity index (χ1n) is 9.01. The molecule has 0 unspecified atom stereocenters. The molecule has 5 nitrogen and oxygen atoms in total. The second-order valence-electron chi connectivity index (χ2n) is 6.68. The normalized spacial score (nSPS) is 12.1. The van der Waals surface area contributed by atoms with Gasteiger partial charge in [0.15, 0.2) is 9.84 Å². The molecule has 2 heterocycles. The molecule has 2 N–H and O–H groups in total. The van der Waals surface area contributed by atoms with Gasteiger partial charge in [-0.25, -0.2) is 8.42 Å². The summed E-state index contributed by atoms with van der Waals surface area (Å²) < 4.78 is 37.6. The molecule has 29 heavy (non-hydrogen) atoms. The molecule has 0 aliphatic heterocycles. The van der Waals surface area contributed by atoms with E-state index in [2.05, 4.69) is 4.98 Å². The fourth-order valence-corrected chi connectivity index (χ4v) is 5.61. The molecule has 0 saturated heterocycles. The quantitative estimate of drug-likeness (QED) is 0.482. The van der Waals surface area contributed by atoms with Gasteiger partial charge in [-0.2, -0.15) is 0 Å². The van der Waals surface area contributed by atoms with E-state index in [9.17, 15) is 22.7 Å². The predicted molar refractivity (Wildman–Crippen MR) is 114 cm³/mol. The number of aromatic nitrogens is 1. The van der Waals surface area contributed by atoms with Crippen LogP contribution in [0, 0.1) is 0 Å². The fourth-order valence-electron chi connectivity index (χ4n) is 3.54. The highest BCUT2D eigenvalue weighted by Crippen LogP contribution is 2.37. The Bertz CT molecular complexity index is 1360. The summed E-state index contributed by atoms with van der Waals surface area (Å²) >= 11 is 1.34. The lowest BCUT2D eigenvalue weighted by Crippen LogP contribution is -2.07. The van der Waals surface area contributed by atoms with Crippen molar-refractivity contribution in [2.24, 2.45) is 0 Å². The molecule has 0 atom stereocenters. The van der Waals surface area contributed by atoms with Crippen molar-refractivity contribution in [2.45, 2.75) is 17.9 Å². The first kappa shape index (κ1) is 19.8. The van der Waals surface area contributed by atoms with E-state index in [1.807, 2.05) is 11.4 Å². The minimum Gasteiger partial charge on any atom is -0.392 e. The lowest BCUT2D eigenvalue weighted by molar-refractivity contribution is 0.282. The van der Waals surface area contributed by atoms with Gasteiger partial charge in [-0.15, -0.1) is 11.3 Å². The van der Waals surface area contributed by atoms with E-state index in [0.29, 0.717) is 15.8 Å². The van der Waals surface area contributed by atoms with Gasteiger partial charge in [0.05, 0.1) is 23.9 Å². The van der Waals surface area contributed by atoms with Crippen LogP contribution in [0.15, 0.2) is 57.5 Å². The van der Waals surface area contributed by atoms with Gasteiger partial charge in [-0.1, -0.05) is 18.2 Å². The topological polar surface area (TPSA) is 87.2 Å². The number of benzene rings is 2. The van der Waals surface area contributed by atoms with E-state index >= 15 is 0 Å². The summed E-state index contributed by atoms with van der Waals surface area (Å²) in [6.45, 7) is -0.880. The van der Waals surface area contributed by atoms with Crippen LogP contribution in [-0.2, 0) is 16.4 Å². The number of alkyl halides is 1. The largest absolute Gasteiger partial charge is 0.392 e. The number of H-pyrrole nitrogens is 1. The monoisotopic (exact) mass is 431 g/mol. The zero-order valence-electron chi connectivity index (χ0n) is 15.3. The highest BCUT2D eigenvalue weighted by molar-refractivity contribution is 7.91. The van der Waals surface area contributed by atoms with Crippen molar-refractivity contribution in [1.82, 2.24) is 4.98 Å². The van der Waals surface area contributed by atoms with Crippen molar-refractivity contribution in [3.8, 4) is 11.1 Å². The van der Waals surface area contributed by atoms with Gasteiger partial charge in [-0.3, -0.25) is 9.18 Å². The van der Waals surface area contributed by atoms with E-state index in [-0.39, 0.29) is 29.2 Å². The van der Waals surface area contributed by atoms with E-state index in [4.69, 9.17) is 0 Å². The third-order valence-corrected chi connectivity index (χ3v) is 7.63. The first-order valence-corrected chi connectivity index (χ1v) is 11.5. The van der Waals surface area contributed by atoms with E-state index in [0.717, 1.165) is 21.9 Å². The number of aliphatic hydroxyl groups excluding tert-OH is 1. The Kier molecular flexibility index (Phi) is 5.24. The number of halogens is 1. The maximum absolute atomic E-state index is 12.4. The molecule has 2 aromatic carbocycles. The molecule has 0 fully saturated rings. The SMILES string of the molecule is O=c1[nH]c2ccc(CO)c(-c3ccc(S(=O)(=O)CCCF)cc3)c2c2ccsc12. The molecular weight excluding hydrogens is 413 g/mol. The van der Waals surface area contributed by atoms with Crippen molar-refractivity contribution < 1.29 is 17.9 Å². The minimum atomic E-state index is -3.55. The number of pyridine rings is 1. The van der Waals surface area contributed by atoms with Crippen LogP contribution in [0.1, 0.15) is 12.0 Å². The number of aromatic amines is 1. The standard InChI is InChI=1S/C21H18FNO4S2/c22-9-1-11-29(26,27)15-5-2-13(3-6-15)18-14(12-24)4-7-17-19(18)16-8-10-28-20(16)21(25)23-17/h2-8,10,24H,1,9,11-12H2,(H,23,25). The maximum Gasteiger partial charge on any atom is 0.266 e. The predicted octanol–water partition coefficient (Wildman–Crippen LogP) is 4.04. The van der Waals surface area contributed by atoms with E-state index in [1.54, 1.807) is 24.3 Å². The number of hydrogen-bond donors (Lipinski definition) is 2. The lowest BCUT2D eigenvalue weighted by atomic mass is 9.94. The number of fused-ring (bicyclic) bond motifs is 3. The molecule has 0 spiro atoms. The van der Waals surface area contributed by atoms with E-state index < -0.39 is 16.5 Å². The smallest absolute Gasteiger partial charge is 0.266 e. The first-order chi connectivity index (χ1) is 14.0. The molecule has 0 aliphatic carbocycles. The molecule has 8 heteroatoms. The highest BCUT2D eigenvalue weighted by atomic mass is 32.2. The van der Waals surface area contributed by atoms with Gasteiger partial charge in [0.2, 0.25) is 0 Å². The van der Waals surface area contributed by atoms with Crippen molar-refractivity contribution in [2.75, 3.05) is 12.4 Å². The Morgan fingerprint density at radius 1 is 1.07 bits per heavy atom. The summed E-state index contributed by atoms with van der Waals surface area (Å²) in [6.07, 6.45) is -0.0361. The molecule has 0 radical (unpaired) electrons. The Labute approximate surface area is 170 Å². The second-order valence-corrected chi connectivity index (χ2v) is 9.71. The van der Waals surface area contributed by atoms with Gasteiger partial charge in [0, 0.05) is 16.3 Å². The van der Waals surface area contributed by atoms with Crippen LogP contribution < -0.4 is 5.56 Å². The Morgan fingerprint density at radius 2 is 1.83 bits per heavy atom. The second kappa shape index (κ2) is 7.70. The van der Waals surface area contributed by atoms with Gasteiger partial charge >= 0.3 is 0 Å². The van der Waals surface area contributed by atoms with Crippen LogP contribution in [-0.4, -0.2) is 30.9 Å². The zero-order valence-corrected chi connectivity index (χ0v) is 16.9. The molecule has 150 valence electrons. The van der Waals surface area contributed by atoms with Crippen LogP contribution in [0.4, 0.5) is 4.39 Å². The molecule has 0 saturated carbocycles. The summed E-state index contributed by atoms with van der Waals surface area (Å²) in [4.78, 5) is 15.3. The Balaban J connectivity index is 1.94. The number of rotatable bonds is 6. The molecule has 0 bridgehead atoms. The molecule has 2 aromatic heterocycles. The van der Waals surface area contributed by atoms with E-state index in [1.165, 1.54) is 23.5 Å². The molecule has 4 rings (SSSR count). The van der Waals surface area contributed by atoms with Crippen LogP contribution in [0.3, 0.4) is 0 Å². The average Bonchev–Trinajstić information content (AvgIpc) is 3.22. The van der Waals surface area contributed by atoms with Crippen molar-refractivity contribution in [3.63, 3.8) is 0 Å². The van der Waals surface area contributed by atoms with Crippen LogP contribution in [0.5, 0.6) is 0 Å². The summed E-state index contributed by atoms with van der Waals surface area (Å²) in [5.41, 5.74) is 2.62. The maximum atomic E-state index is 12.4. The number of aliphatic hydroxyl groups is 1. The fraction of sp³-hybridized carbons (Fsp3) is 0.190. The molecule has 0 aliphatic rings. The third-order valence-electron chi connectivity index (χ3n) is 4.90. The van der Waals surface area contributed by atoms with Crippen LogP contribution in [0.25, 0.3) is 32.1 Å². The van der Waals surface area contributed by atoms with Crippen LogP contribution >= 0.6 is 11.3 Å². The lowest BCUT2D eigenvalue weighted by Gasteiger charge is -2.14. The van der Waals surface area contributed by atoms with Crippen molar-refractivity contribution >= 4 is 42.2 Å². The van der Waals surface area contributed by atoms with Gasteiger partial charge in [0.1, 0.15) is 4.70 Å². The molecular formula is C21H18FNO4S2. The summed E-state index contributed by atoms with van der Waals surface area (Å²) in [5, 5.41) is 13.3. The summed E-state index contributed by atoms with van der Waals surface area (Å²) in [5.74, 6) is -0.240. The molecule has 4 aromatic rings. The minimum absolute atomic E-state index is 0.0361. The summed E-state index contributed by atoms with van der Waals surface area (Å²) in [7, 11) is -3.55. The van der Waals surface area contributed by atoms with Gasteiger partial charge < -0.3 is 10.1 Å².